The summed E-state index contributed by atoms with van der Waals surface area (Å²) >= 11 is 0. The topological polar surface area (TPSA) is 41.6 Å². The van der Waals surface area contributed by atoms with E-state index in [1.807, 2.05) is 36.2 Å². The van der Waals surface area contributed by atoms with Crippen molar-refractivity contribution in [3.05, 3.63) is 64.7 Å². The van der Waals surface area contributed by atoms with Gasteiger partial charge in [0, 0.05) is 6.54 Å². The molecule has 2 aromatic rings. The Kier molecular flexibility index (Phi) is 6.51. The Hall–Kier alpha value is -2.33. The first kappa shape index (κ1) is 19.4. The second kappa shape index (κ2) is 9.05. The van der Waals surface area contributed by atoms with Gasteiger partial charge in [-0.2, -0.15) is 0 Å². The van der Waals surface area contributed by atoms with Crippen LogP contribution in [0.25, 0.3) is 0 Å². The van der Waals surface area contributed by atoms with Crippen LogP contribution in [0.5, 0.6) is 5.75 Å². The number of benzene rings is 2. The third-order valence-corrected chi connectivity index (χ3v) is 5.28. The van der Waals surface area contributed by atoms with Crippen molar-refractivity contribution in [3.63, 3.8) is 0 Å². The molecule has 0 fully saturated rings. The monoisotopic (exact) mass is 366 g/mol. The number of carbonyl (C=O) groups is 1. The molecule has 1 aliphatic carbocycles. The van der Waals surface area contributed by atoms with Crippen LogP contribution >= 0.6 is 0 Å². The molecule has 0 spiro atoms. The van der Waals surface area contributed by atoms with Gasteiger partial charge in [-0.1, -0.05) is 30.3 Å². The minimum atomic E-state index is 0.0270. The van der Waals surface area contributed by atoms with E-state index in [1.165, 1.54) is 36.0 Å². The molecule has 27 heavy (non-hydrogen) atoms. The predicted octanol–water partition coefficient (Wildman–Crippen LogP) is 3.88. The molecule has 2 aromatic carbocycles. The fraction of sp³-hybridized carbons (Fsp3) is 0.435. The highest BCUT2D eigenvalue weighted by atomic mass is 16.5. The molecule has 1 atom stereocenters. The molecule has 1 aliphatic rings. The lowest BCUT2D eigenvalue weighted by Crippen LogP contribution is -2.36. The van der Waals surface area contributed by atoms with Gasteiger partial charge in [0.15, 0.2) is 0 Å². The fourth-order valence-corrected chi connectivity index (χ4v) is 3.74. The van der Waals surface area contributed by atoms with Gasteiger partial charge >= 0.3 is 0 Å². The summed E-state index contributed by atoms with van der Waals surface area (Å²) < 4.78 is 5.18. The summed E-state index contributed by atoms with van der Waals surface area (Å²) in [5.41, 5.74) is 5.29. The Morgan fingerprint density at radius 1 is 1.11 bits per heavy atom. The Labute approximate surface area is 162 Å². The number of methoxy groups -OCH3 is 1. The minimum Gasteiger partial charge on any atom is -0.497 e. The number of hydrogen-bond acceptors (Lipinski definition) is 3. The first-order chi connectivity index (χ1) is 13.0. The van der Waals surface area contributed by atoms with Crippen molar-refractivity contribution >= 4 is 5.91 Å². The van der Waals surface area contributed by atoms with Crippen LogP contribution < -0.4 is 10.1 Å². The second-order valence-electron chi connectivity index (χ2n) is 7.54. The predicted molar refractivity (Wildman–Crippen MR) is 109 cm³/mol. The molecule has 3 rings (SSSR count). The van der Waals surface area contributed by atoms with Crippen molar-refractivity contribution in [2.24, 2.45) is 0 Å². The van der Waals surface area contributed by atoms with E-state index in [0.717, 1.165) is 24.3 Å². The van der Waals surface area contributed by atoms with E-state index < -0.39 is 0 Å². The number of nitrogens with zero attached hydrogens (tertiary/aromatic N) is 1. The molecule has 0 bridgehead atoms. The molecule has 1 N–H and O–H groups in total. The highest BCUT2D eigenvalue weighted by molar-refractivity contribution is 5.78. The third kappa shape index (κ3) is 5.33. The number of nitrogens with one attached hydrogen (secondary N) is 1. The lowest BCUT2D eigenvalue weighted by atomic mass is 9.89. The molecule has 4 nitrogen and oxygen atoms in total. The first-order valence-electron chi connectivity index (χ1n) is 9.77. The second-order valence-corrected chi connectivity index (χ2v) is 7.54. The molecule has 0 aromatic heterocycles. The summed E-state index contributed by atoms with van der Waals surface area (Å²) in [6.07, 6.45) is 4.91. The van der Waals surface area contributed by atoms with Crippen LogP contribution in [0.4, 0.5) is 0 Å². The minimum absolute atomic E-state index is 0.0270. The zero-order valence-corrected chi connectivity index (χ0v) is 16.6. The van der Waals surface area contributed by atoms with Crippen LogP contribution in [0.3, 0.4) is 0 Å². The van der Waals surface area contributed by atoms with Gasteiger partial charge in [-0.3, -0.25) is 9.69 Å². The Morgan fingerprint density at radius 2 is 1.81 bits per heavy atom. The van der Waals surface area contributed by atoms with Crippen molar-refractivity contribution in [2.75, 3.05) is 20.7 Å². The molecule has 4 heteroatoms. The highest BCUT2D eigenvalue weighted by Crippen LogP contribution is 2.24. The number of hydrogen-bond donors (Lipinski definition) is 1. The van der Waals surface area contributed by atoms with E-state index in [0.29, 0.717) is 6.54 Å². The zero-order valence-electron chi connectivity index (χ0n) is 16.6. The van der Waals surface area contributed by atoms with Crippen LogP contribution in [0.15, 0.2) is 42.5 Å². The van der Waals surface area contributed by atoms with Gasteiger partial charge in [0.05, 0.1) is 19.7 Å². The number of rotatable bonds is 7. The number of amides is 1. The van der Waals surface area contributed by atoms with Gasteiger partial charge in [0.2, 0.25) is 5.91 Å². The normalized spacial score (nSPS) is 14.5. The van der Waals surface area contributed by atoms with Crippen LogP contribution in [0.2, 0.25) is 0 Å². The molecule has 0 radical (unpaired) electrons. The molecular formula is C23H30N2O2. The van der Waals surface area contributed by atoms with Crippen LogP contribution in [0, 0.1) is 0 Å². The largest absolute Gasteiger partial charge is 0.497 e. The Bertz CT molecular complexity index is 770. The maximum atomic E-state index is 12.4. The number of likely N-dealkylation sites (N-methyl/N-ethyl adjacent to an activating group) is 1. The fourth-order valence-electron chi connectivity index (χ4n) is 3.74. The van der Waals surface area contributed by atoms with Gasteiger partial charge in [-0.05, 0) is 74.0 Å². The van der Waals surface area contributed by atoms with E-state index in [-0.39, 0.29) is 11.9 Å². The maximum absolute atomic E-state index is 12.4. The van der Waals surface area contributed by atoms with E-state index in [9.17, 15) is 4.79 Å². The number of aryl methyl sites for hydroxylation is 2. The van der Waals surface area contributed by atoms with Crippen LogP contribution in [-0.2, 0) is 24.2 Å². The van der Waals surface area contributed by atoms with Crippen molar-refractivity contribution in [2.45, 2.75) is 45.2 Å². The smallest absolute Gasteiger partial charge is 0.234 e. The number of carbonyl (C=O) groups excluding carboxylic acids is 1. The third-order valence-electron chi connectivity index (χ3n) is 5.28. The Morgan fingerprint density at radius 3 is 2.52 bits per heavy atom. The summed E-state index contributed by atoms with van der Waals surface area (Å²) in [5, 5.41) is 3.14. The quantitative estimate of drug-likeness (QED) is 0.808. The van der Waals surface area contributed by atoms with E-state index in [1.54, 1.807) is 7.11 Å². The van der Waals surface area contributed by atoms with Gasteiger partial charge < -0.3 is 10.1 Å². The van der Waals surface area contributed by atoms with E-state index in [4.69, 9.17) is 4.74 Å². The molecule has 0 unspecified atom stereocenters. The SMILES string of the molecule is COc1ccc(CN(C)CC(=O)N[C@@H](C)c2ccc3c(c2)CCCC3)cc1. The number of ether oxygens (including phenoxy) is 1. The van der Waals surface area contributed by atoms with Gasteiger partial charge in [0.1, 0.15) is 5.75 Å². The molecule has 0 saturated carbocycles. The molecule has 0 aliphatic heterocycles. The first-order valence-corrected chi connectivity index (χ1v) is 9.77. The molecule has 144 valence electrons. The van der Waals surface area contributed by atoms with Gasteiger partial charge in [-0.15, -0.1) is 0 Å². The lowest BCUT2D eigenvalue weighted by molar-refractivity contribution is -0.122. The van der Waals surface area contributed by atoms with Crippen molar-refractivity contribution in [1.29, 1.82) is 0 Å². The van der Waals surface area contributed by atoms with Crippen LogP contribution in [0.1, 0.15) is 48.1 Å². The summed E-state index contributed by atoms with van der Waals surface area (Å²) in [4.78, 5) is 14.5. The lowest BCUT2D eigenvalue weighted by Gasteiger charge is -2.21. The van der Waals surface area contributed by atoms with Crippen LogP contribution in [-0.4, -0.2) is 31.5 Å². The summed E-state index contributed by atoms with van der Waals surface area (Å²) in [7, 11) is 3.63. The van der Waals surface area contributed by atoms with Gasteiger partial charge in [-0.25, -0.2) is 0 Å². The van der Waals surface area contributed by atoms with Crippen molar-refractivity contribution in [1.82, 2.24) is 10.2 Å². The average molecular weight is 367 g/mol. The standard InChI is InChI=1S/C23H30N2O2/c1-17(20-11-10-19-6-4-5-7-21(19)14-20)24-23(26)16-25(2)15-18-8-12-22(27-3)13-9-18/h8-14,17H,4-7,15-16H2,1-3H3,(H,24,26)/t17-/m0/s1. The molecular weight excluding hydrogens is 336 g/mol. The van der Waals surface area contributed by atoms with E-state index in [2.05, 4.69) is 30.4 Å². The molecule has 0 saturated heterocycles. The summed E-state index contributed by atoms with van der Waals surface area (Å²) in [6, 6.07) is 14.7. The van der Waals surface area contributed by atoms with E-state index >= 15 is 0 Å². The zero-order chi connectivity index (χ0) is 19.2. The summed E-state index contributed by atoms with van der Waals surface area (Å²) in [6.45, 7) is 3.16. The van der Waals surface area contributed by atoms with Gasteiger partial charge in [0.25, 0.3) is 0 Å². The Balaban J connectivity index is 1.51. The highest BCUT2D eigenvalue weighted by Gasteiger charge is 2.15. The number of fused-ring (bicyclic) bond motifs is 1. The summed E-state index contributed by atoms with van der Waals surface area (Å²) in [5.74, 6) is 0.897. The maximum Gasteiger partial charge on any atom is 0.234 e. The molecule has 1 amide bonds. The van der Waals surface area contributed by atoms with Crippen molar-refractivity contribution < 1.29 is 9.53 Å². The average Bonchev–Trinajstić information content (AvgIpc) is 2.68. The van der Waals surface area contributed by atoms with Crippen molar-refractivity contribution in [3.8, 4) is 5.75 Å². The molecule has 0 heterocycles.